The maximum atomic E-state index is 12.7. The average molecular weight is 354 g/mol. The quantitative estimate of drug-likeness (QED) is 0.865. The largest absolute Gasteiger partial charge is 0.353 e. The molecule has 0 aliphatic heterocycles. The van der Waals surface area contributed by atoms with Gasteiger partial charge in [0.05, 0.1) is 12.0 Å². The second-order valence-electron chi connectivity index (χ2n) is 8.93. The molecule has 4 bridgehead atoms. The highest BCUT2D eigenvalue weighted by molar-refractivity contribution is 5.85. The first-order valence-electron chi connectivity index (χ1n) is 9.48. The van der Waals surface area contributed by atoms with Crippen LogP contribution in [0.3, 0.4) is 0 Å². The lowest BCUT2D eigenvalue weighted by atomic mass is 9.49. The normalized spacial score (nSPS) is 39.2. The van der Waals surface area contributed by atoms with Crippen LogP contribution in [0.2, 0.25) is 0 Å². The first-order chi connectivity index (χ1) is 11.2. The fraction of sp³-hybridized carbons (Fsp3) is 0.789. The molecule has 136 valence electrons. The van der Waals surface area contributed by atoms with Gasteiger partial charge in [-0.25, -0.2) is 4.98 Å². The Hall–Kier alpha value is -1.03. The summed E-state index contributed by atoms with van der Waals surface area (Å²) in [6, 6.07) is 0.296. The summed E-state index contributed by atoms with van der Waals surface area (Å²) >= 11 is 0. The number of amides is 1. The van der Waals surface area contributed by atoms with E-state index in [1.807, 2.05) is 0 Å². The van der Waals surface area contributed by atoms with Gasteiger partial charge in [0.15, 0.2) is 0 Å². The van der Waals surface area contributed by atoms with E-state index in [9.17, 15) is 4.79 Å². The predicted octanol–water partition coefficient (Wildman–Crippen LogP) is 3.90. The van der Waals surface area contributed by atoms with E-state index < -0.39 is 0 Å². The van der Waals surface area contributed by atoms with Crippen molar-refractivity contribution < 1.29 is 7.65 Å². The average Bonchev–Trinajstić information content (AvgIpc) is 2.92. The fourth-order valence-electron chi connectivity index (χ4n) is 6.65. The molecular formula is C19H32ClN3O. The van der Waals surface area contributed by atoms with Crippen LogP contribution >= 0.6 is 12.4 Å². The molecule has 2 N–H and O–H groups in total. The smallest absolute Gasteiger partial charge is 0.220 e. The molecule has 1 aromatic rings. The number of fused-ring (bicyclic) bond motifs is 1. The lowest BCUT2D eigenvalue weighted by Crippen LogP contribution is -2.49. The molecular weight excluding hydrogens is 322 g/mol. The number of carbonyl (C=O) groups excluding carboxylic acids is 1. The SMILES string of the molecule is Cl.O=C(CC12CC3CC(CC(C3)C1)C2)NC1CCc2nc[nH]c2C1.[HH].[HH]. The Balaban J connectivity index is 0.000000810. The van der Waals surface area contributed by atoms with Crippen LogP contribution in [0.25, 0.3) is 0 Å². The standard InChI is InChI=1S/C19H27N3O.ClH.2H2/c23-18(22-15-1-2-16-17(6-15)21-11-20-16)10-19-7-12-3-13(8-19)5-14(4-12)9-19;;;/h11-15H,1-10H2,(H,20,21)(H,22,23);3*1H. The van der Waals surface area contributed by atoms with Crippen molar-refractivity contribution in [3.63, 3.8) is 0 Å². The van der Waals surface area contributed by atoms with Crippen LogP contribution in [0.15, 0.2) is 6.33 Å². The van der Waals surface area contributed by atoms with Gasteiger partial charge in [0.1, 0.15) is 0 Å². The molecule has 0 saturated heterocycles. The minimum Gasteiger partial charge on any atom is -0.353 e. The molecule has 1 unspecified atom stereocenters. The lowest BCUT2D eigenvalue weighted by Gasteiger charge is -2.56. The number of hydrogen-bond donors (Lipinski definition) is 2. The van der Waals surface area contributed by atoms with Crippen LogP contribution in [-0.4, -0.2) is 21.9 Å². The molecule has 4 saturated carbocycles. The molecule has 0 radical (unpaired) electrons. The highest BCUT2D eigenvalue weighted by Crippen LogP contribution is 2.61. The molecule has 24 heavy (non-hydrogen) atoms. The van der Waals surface area contributed by atoms with Crippen molar-refractivity contribution in [1.82, 2.24) is 15.3 Å². The Morgan fingerprint density at radius 1 is 1.25 bits per heavy atom. The van der Waals surface area contributed by atoms with Crippen molar-refractivity contribution in [3.8, 4) is 0 Å². The topological polar surface area (TPSA) is 57.8 Å². The molecule has 6 rings (SSSR count). The van der Waals surface area contributed by atoms with Gasteiger partial charge in [0.2, 0.25) is 5.91 Å². The van der Waals surface area contributed by atoms with E-state index in [1.165, 1.54) is 49.9 Å². The third kappa shape index (κ3) is 2.87. The molecule has 5 heteroatoms. The summed E-state index contributed by atoms with van der Waals surface area (Å²) in [7, 11) is 0. The maximum absolute atomic E-state index is 12.7. The summed E-state index contributed by atoms with van der Waals surface area (Å²) in [4.78, 5) is 20.3. The van der Waals surface area contributed by atoms with Gasteiger partial charge in [0, 0.05) is 27.4 Å². The number of aromatic amines is 1. The zero-order valence-electron chi connectivity index (χ0n) is 14.2. The monoisotopic (exact) mass is 353 g/mol. The number of halogens is 1. The third-order valence-corrected chi connectivity index (χ3v) is 7.05. The Kier molecular flexibility index (Phi) is 4.14. The van der Waals surface area contributed by atoms with E-state index >= 15 is 0 Å². The number of imidazole rings is 1. The number of aromatic nitrogens is 2. The summed E-state index contributed by atoms with van der Waals surface area (Å²) in [5, 5.41) is 3.34. The number of aryl methyl sites for hydroxylation is 1. The van der Waals surface area contributed by atoms with Gasteiger partial charge in [0.25, 0.3) is 0 Å². The predicted molar refractivity (Wildman–Crippen MR) is 99.2 cm³/mol. The van der Waals surface area contributed by atoms with Crippen LogP contribution in [0.1, 0.15) is 65.6 Å². The first-order valence-corrected chi connectivity index (χ1v) is 9.48. The summed E-state index contributed by atoms with van der Waals surface area (Å²) in [6.45, 7) is 0. The zero-order chi connectivity index (χ0) is 15.4. The van der Waals surface area contributed by atoms with Crippen molar-refractivity contribution >= 4 is 18.3 Å². The molecule has 1 heterocycles. The van der Waals surface area contributed by atoms with E-state index in [4.69, 9.17) is 0 Å². The minimum absolute atomic E-state index is 0. The molecule has 4 nitrogen and oxygen atoms in total. The molecule has 5 aliphatic rings. The summed E-state index contributed by atoms with van der Waals surface area (Å²) in [5.41, 5.74) is 2.76. The van der Waals surface area contributed by atoms with E-state index in [2.05, 4.69) is 15.3 Å². The van der Waals surface area contributed by atoms with Crippen LogP contribution in [0, 0.1) is 23.2 Å². The first kappa shape index (κ1) is 16.4. The number of nitrogens with one attached hydrogen (secondary N) is 2. The number of rotatable bonds is 3. The molecule has 1 atom stereocenters. The molecule has 5 aliphatic carbocycles. The molecule has 1 amide bonds. The van der Waals surface area contributed by atoms with Crippen molar-refractivity contribution in [3.05, 3.63) is 17.7 Å². The number of nitrogens with zero attached hydrogens (tertiary/aromatic N) is 1. The number of H-pyrrole nitrogens is 1. The Labute approximate surface area is 153 Å². The molecule has 0 aromatic carbocycles. The molecule has 1 aromatic heterocycles. The van der Waals surface area contributed by atoms with Gasteiger partial charge in [-0.3, -0.25) is 4.79 Å². The van der Waals surface area contributed by atoms with E-state index in [1.54, 1.807) is 6.33 Å². The maximum Gasteiger partial charge on any atom is 0.220 e. The summed E-state index contributed by atoms with van der Waals surface area (Å²) in [6.07, 6.45) is 13.8. The Morgan fingerprint density at radius 3 is 2.58 bits per heavy atom. The number of hydrogen-bond acceptors (Lipinski definition) is 2. The second kappa shape index (κ2) is 6.05. The van der Waals surface area contributed by atoms with Gasteiger partial charge >= 0.3 is 0 Å². The van der Waals surface area contributed by atoms with Crippen LogP contribution < -0.4 is 5.32 Å². The summed E-state index contributed by atoms with van der Waals surface area (Å²) in [5.74, 6) is 3.09. The van der Waals surface area contributed by atoms with Crippen molar-refractivity contribution in [1.29, 1.82) is 0 Å². The van der Waals surface area contributed by atoms with Crippen LogP contribution in [-0.2, 0) is 17.6 Å². The van der Waals surface area contributed by atoms with Gasteiger partial charge in [-0.1, -0.05) is 0 Å². The van der Waals surface area contributed by atoms with Crippen molar-refractivity contribution in [2.24, 2.45) is 23.2 Å². The Morgan fingerprint density at radius 2 is 1.92 bits per heavy atom. The van der Waals surface area contributed by atoms with Gasteiger partial charge in [-0.05, 0) is 74.5 Å². The van der Waals surface area contributed by atoms with Crippen molar-refractivity contribution in [2.45, 2.75) is 70.3 Å². The lowest BCUT2D eigenvalue weighted by molar-refractivity contribution is -0.130. The van der Waals surface area contributed by atoms with E-state index in [0.717, 1.165) is 43.4 Å². The van der Waals surface area contributed by atoms with Gasteiger partial charge in [-0.15, -0.1) is 12.4 Å². The second-order valence-corrected chi connectivity index (χ2v) is 8.93. The van der Waals surface area contributed by atoms with Crippen LogP contribution in [0.5, 0.6) is 0 Å². The van der Waals surface area contributed by atoms with E-state index in [-0.39, 0.29) is 15.3 Å². The highest BCUT2D eigenvalue weighted by atomic mass is 35.5. The third-order valence-electron chi connectivity index (χ3n) is 7.05. The van der Waals surface area contributed by atoms with E-state index in [0.29, 0.717) is 17.4 Å². The summed E-state index contributed by atoms with van der Waals surface area (Å²) < 4.78 is 0. The number of carbonyl (C=O) groups is 1. The van der Waals surface area contributed by atoms with Gasteiger partial charge in [-0.2, -0.15) is 0 Å². The Bertz CT molecular complexity index is 601. The van der Waals surface area contributed by atoms with Crippen molar-refractivity contribution in [2.75, 3.05) is 0 Å². The molecule has 0 spiro atoms. The minimum atomic E-state index is 0. The van der Waals surface area contributed by atoms with Crippen LogP contribution in [0.4, 0.5) is 0 Å². The highest BCUT2D eigenvalue weighted by Gasteiger charge is 2.51. The zero-order valence-corrected chi connectivity index (χ0v) is 15.0. The fourth-order valence-corrected chi connectivity index (χ4v) is 6.65. The van der Waals surface area contributed by atoms with Gasteiger partial charge < -0.3 is 10.3 Å². The molecule has 4 fully saturated rings.